The Kier molecular flexibility index (Phi) is 6.27. The van der Waals surface area contributed by atoms with Crippen LogP contribution in [0, 0.1) is 13.8 Å². The molecule has 0 aliphatic carbocycles. The summed E-state index contributed by atoms with van der Waals surface area (Å²) in [5.74, 6) is 0.896. The number of nitrogen functional groups attached to an aromatic ring is 1. The van der Waals surface area contributed by atoms with Crippen molar-refractivity contribution in [2.45, 2.75) is 20.3 Å². The van der Waals surface area contributed by atoms with Crippen molar-refractivity contribution >= 4 is 49.8 Å². The van der Waals surface area contributed by atoms with E-state index in [0.717, 1.165) is 16.5 Å². The fourth-order valence-electron chi connectivity index (χ4n) is 4.91. The van der Waals surface area contributed by atoms with E-state index in [1.54, 1.807) is 48.7 Å². The number of rotatable bonds is 6. The summed E-state index contributed by atoms with van der Waals surface area (Å²) in [5.41, 5.74) is 10.4. The highest BCUT2D eigenvalue weighted by molar-refractivity contribution is 7.93. The van der Waals surface area contributed by atoms with Crippen LogP contribution in [0.5, 0.6) is 11.6 Å². The zero-order valence-electron chi connectivity index (χ0n) is 21.7. The third kappa shape index (κ3) is 4.56. The summed E-state index contributed by atoms with van der Waals surface area (Å²) < 4.78 is 33.6. The number of ketones is 1. The van der Waals surface area contributed by atoms with Crippen molar-refractivity contribution in [3.05, 3.63) is 88.3 Å². The summed E-state index contributed by atoms with van der Waals surface area (Å²) in [6.07, 6.45) is 3.59. The van der Waals surface area contributed by atoms with Gasteiger partial charge in [-0.15, -0.1) is 0 Å². The van der Waals surface area contributed by atoms with E-state index in [1.165, 1.54) is 15.2 Å². The van der Waals surface area contributed by atoms with Gasteiger partial charge < -0.3 is 15.5 Å². The molecule has 4 heterocycles. The number of carbonyl (C=O) groups is 1. The van der Waals surface area contributed by atoms with Crippen LogP contribution in [0.3, 0.4) is 0 Å². The molecule has 0 saturated carbocycles. The topological polar surface area (TPSA) is 136 Å². The number of fused-ring (bicyclic) bond motifs is 1. The van der Waals surface area contributed by atoms with Gasteiger partial charge in [0.2, 0.25) is 21.7 Å². The van der Waals surface area contributed by atoms with Crippen LogP contribution >= 0.6 is 11.6 Å². The molecule has 10 nitrogen and oxygen atoms in total. The number of aromatic amines is 1. The maximum absolute atomic E-state index is 13.5. The van der Waals surface area contributed by atoms with Gasteiger partial charge in [-0.25, -0.2) is 18.1 Å². The van der Waals surface area contributed by atoms with Gasteiger partial charge in [0.05, 0.1) is 40.8 Å². The van der Waals surface area contributed by atoms with Crippen LogP contribution < -0.4 is 14.8 Å². The highest BCUT2D eigenvalue weighted by atomic mass is 35.5. The summed E-state index contributed by atoms with van der Waals surface area (Å²) in [6, 6.07) is 14.1. The van der Waals surface area contributed by atoms with Crippen LogP contribution in [0.15, 0.2) is 60.9 Å². The van der Waals surface area contributed by atoms with Gasteiger partial charge in [0.1, 0.15) is 11.6 Å². The predicted octanol–water partition coefficient (Wildman–Crippen LogP) is 5.16. The normalized spacial score (nSPS) is 14.6. The highest BCUT2D eigenvalue weighted by Crippen LogP contribution is 2.32. The number of carbonyl (C=O) groups excluding carboxylic acids is 1. The first-order valence-electron chi connectivity index (χ1n) is 12.5. The molecule has 0 amide bonds. The average Bonchev–Trinajstić information content (AvgIpc) is 3.59. The molecule has 0 spiro atoms. The van der Waals surface area contributed by atoms with Crippen LogP contribution in [0.4, 0.5) is 11.5 Å². The van der Waals surface area contributed by atoms with Crippen LogP contribution in [-0.4, -0.2) is 46.2 Å². The second-order valence-electron chi connectivity index (χ2n) is 9.70. The molecule has 3 N–H and O–H groups in total. The molecule has 0 unspecified atom stereocenters. The van der Waals surface area contributed by atoms with Gasteiger partial charge in [0.15, 0.2) is 0 Å². The van der Waals surface area contributed by atoms with Crippen LogP contribution in [-0.2, 0) is 10.0 Å². The molecule has 0 bridgehead atoms. The second-order valence-corrected chi connectivity index (χ2v) is 12.2. The number of hydrogen-bond donors (Lipinski definition) is 2. The van der Waals surface area contributed by atoms with E-state index >= 15 is 0 Å². The molecule has 0 atom stereocenters. The zero-order valence-corrected chi connectivity index (χ0v) is 23.3. The summed E-state index contributed by atoms with van der Waals surface area (Å²) in [6.45, 7) is 4.17. The predicted molar refractivity (Wildman–Crippen MR) is 154 cm³/mol. The molecule has 1 fully saturated rings. The lowest BCUT2D eigenvalue weighted by molar-refractivity contribution is 0.103. The largest absolute Gasteiger partial charge is 0.439 e. The number of sulfonamides is 1. The molecule has 1 saturated heterocycles. The summed E-state index contributed by atoms with van der Waals surface area (Å²) in [4.78, 5) is 21.0. The monoisotopic (exact) mass is 576 g/mol. The van der Waals surface area contributed by atoms with Crippen molar-refractivity contribution in [3.63, 3.8) is 0 Å². The van der Waals surface area contributed by atoms with Gasteiger partial charge in [-0.3, -0.25) is 9.10 Å². The highest BCUT2D eigenvalue weighted by Gasteiger charge is 2.30. The lowest BCUT2D eigenvalue weighted by atomic mass is 10.1. The molecular formula is C28H25ClN6O4S. The average molecular weight is 577 g/mol. The third-order valence-electron chi connectivity index (χ3n) is 6.91. The molecule has 2 aromatic carbocycles. The Bertz CT molecular complexity index is 1910. The Morgan fingerprint density at radius 1 is 1.07 bits per heavy atom. The van der Waals surface area contributed by atoms with Crippen LogP contribution in [0.1, 0.15) is 33.6 Å². The molecule has 40 heavy (non-hydrogen) atoms. The number of hydrogen-bond acceptors (Lipinski definition) is 7. The Morgan fingerprint density at radius 2 is 1.88 bits per heavy atom. The molecule has 0 radical (unpaired) electrons. The number of nitrogens with two attached hydrogens (primary N) is 1. The van der Waals surface area contributed by atoms with E-state index in [4.69, 9.17) is 22.1 Å². The maximum atomic E-state index is 13.5. The molecule has 1 aliphatic rings. The fourth-order valence-corrected chi connectivity index (χ4v) is 6.70. The van der Waals surface area contributed by atoms with E-state index in [-0.39, 0.29) is 22.9 Å². The van der Waals surface area contributed by atoms with E-state index in [2.05, 4.69) is 15.1 Å². The summed E-state index contributed by atoms with van der Waals surface area (Å²) in [7, 11) is -3.33. The molecule has 1 aliphatic heterocycles. The van der Waals surface area contributed by atoms with Gasteiger partial charge >= 0.3 is 0 Å². The molecule has 6 rings (SSSR count). The van der Waals surface area contributed by atoms with Gasteiger partial charge in [-0.05, 0) is 67.8 Å². The smallest absolute Gasteiger partial charge is 0.235 e. The number of aromatic nitrogens is 4. The first-order chi connectivity index (χ1) is 19.1. The lowest BCUT2D eigenvalue weighted by Gasteiger charge is -2.19. The van der Waals surface area contributed by atoms with Crippen molar-refractivity contribution < 1.29 is 17.9 Å². The third-order valence-corrected chi connectivity index (χ3v) is 9.00. The molecule has 5 aromatic rings. The standard InChI is InChI=1S/C28H25ClN6O4S/c1-16-9-18-11-23(33-22(18)13-24(16)34-7-4-8-40(34,37)38)27(36)21-14-32-35(28(21)30)25-15-31-26(10-17(25)2)39-20-6-3-5-19(29)12-20/h3,5-6,9-15,33H,4,7-8,30H2,1-2H3. The number of aryl methyl sites for hydroxylation is 2. The Balaban J connectivity index is 1.28. The number of H-pyrrole nitrogens is 1. The first-order valence-corrected chi connectivity index (χ1v) is 14.5. The van der Waals surface area contributed by atoms with E-state index < -0.39 is 10.0 Å². The van der Waals surface area contributed by atoms with E-state index in [9.17, 15) is 13.2 Å². The Morgan fingerprint density at radius 3 is 2.60 bits per heavy atom. The maximum Gasteiger partial charge on any atom is 0.235 e. The zero-order chi connectivity index (χ0) is 28.2. The molecule has 204 valence electrons. The summed E-state index contributed by atoms with van der Waals surface area (Å²) in [5, 5.41) is 5.70. The number of anilines is 2. The number of ether oxygens (including phenoxy) is 1. The summed E-state index contributed by atoms with van der Waals surface area (Å²) >= 11 is 6.03. The van der Waals surface area contributed by atoms with E-state index in [1.807, 2.05) is 19.9 Å². The Labute approximate surface area is 235 Å². The molecule has 3 aromatic heterocycles. The SMILES string of the molecule is Cc1cc2cc(C(=O)c3cnn(-c4cnc(Oc5cccc(Cl)c5)cc4C)c3N)[nH]c2cc1N1CCCS1(=O)=O. The molecule has 12 heteroatoms. The minimum Gasteiger partial charge on any atom is -0.439 e. The van der Waals surface area contributed by atoms with Crippen molar-refractivity contribution in [1.29, 1.82) is 0 Å². The number of nitrogens with one attached hydrogen (secondary N) is 1. The van der Waals surface area contributed by atoms with Crippen molar-refractivity contribution in [2.24, 2.45) is 0 Å². The lowest BCUT2D eigenvalue weighted by Crippen LogP contribution is -2.25. The minimum absolute atomic E-state index is 0.134. The first kappa shape index (κ1) is 25.9. The van der Waals surface area contributed by atoms with Crippen LogP contribution in [0.2, 0.25) is 5.02 Å². The molecular weight excluding hydrogens is 552 g/mol. The van der Waals surface area contributed by atoms with Crippen molar-refractivity contribution in [3.8, 4) is 17.3 Å². The number of halogens is 1. The van der Waals surface area contributed by atoms with E-state index in [0.29, 0.717) is 52.2 Å². The van der Waals surface area contributed by atoms with Crippen LogP contribution in [0.25, 0.3) is 16.6 Å². The van der Waals surface area contributed by atoms with Gasteiger partial charge in [0, 0.05) is 28.5 Å². The number of nitrogens with zero attached hydrogens (tertiary/aromatic N) is 4. The fraction of sp³-hybridized carbons (Fsp3) is 0.179. The van der Waals surface area contributed by atoms with Crippen molar-refractivity contribution in [2.75, 3.05) is 22.3 Å². The van der Waals surface area contributed by atoms with Gasteiger partial charge in [-0.1, -0.05) is 17.7 Å². The Hall–Kier alpha value is -4.35. The van der Waals surface area contributed by atoms with Crippen molar-refractivity contribution in [1.82, 2.24) is 19.7 Å². The van der Waals surface area contributed by atoms with Gasteiger partial charge in [-0.2, -0.15) is 5.10 Å². The quantitative estimate of drug-likeness (QED) is 0.266. The number of benzene rings is 2. The number of pyridine rings is 1. The second kappa shape index (κ2) is 9.68. The van der Waals surface area contributed by atoms with Gasteiger partial charge in [0.25, 0.3) is 0 Å². The minimum atomic E-state index is -3.33.